The van der Waals surface area contributed by atoms with E-state index < -0.39 is 28.7 Å². The molecule has 9 heteroatoms. The van der Waals surface area contributed by atoms with Crippen LogP contribution in [0.25, 0.3) is 0 Å². The van der Waals surface area contributed by atoms with Gasteiger partial charge in [-0.05, 0) is 38.8 Å². The molecule has 8 atom stereocenters. The molecule has 3 N–H and O–H groups in total. The molecule has 0 radical (unpaired) electrons. The molecule has 3 aliphatic rings. The number of fused-ring (bicyclic) bond motifs is 1. The maximum Gasteiger partial charge on any atom is 0.244 e. The number of nitrogens with one attached hydrogen (secondary N) is 2. The number of halogens is 1. The summed E-state index contributed by atoms with van der Waals surface area (Å²) in [5.74, 6) is -1.75. The molecule has 4 rings (SSSR count). The number of aliphatic hydroxyl groups is 1. The van der Waals surface area contributed by atoms with Crippen LogP contribution in [0, 0.1) is 11.8 Å². The quantitative estimate of drug-likeness (QED) is 0.443. The van der Waals surface area contributed by atoms with Gasteiger partial charge in [-0.25, -0.2) is 0 Å². The molecular formula is C24H32BrN3O4S. The standard InChI is InChI=1S/C24H32BrN3O4S/c1-4-8-13(2)26-22(31)20-24-11-16(25)19(33-24)17(18(24)23(32)28(20)14(3)12-29)21(30)27-15-9-6-5-7-10-15/h5-7,9-10,13-14,16-20,29H,4,8,11-12H2,1-3H3,(H,26,31)(H,27,30)/t13?,14-,16?,17+,18+,19+,20?,24?/m1/s1. The fourth-order valence-corrected chi connectivity index (χ4v) is 9.40. The van der Waals surface area contributed by atoms with Crippen LogP contribution < -0.4 is 10.6 Å². The number of amides is 3. The van der Waals surface area contributed by atoms with E-state index in [0.717, 1.165) is 12.8 Å². The molecule has 3 saturated heterocycles. The summed E-state index contributed by atoms with van der Waals surface area (Å²) >= 11 is 5.36. The van der Waals surface area contributed by atoms with Crippen molar-refractivity contribution in [3.63, 3.8) is 0 Å². The normalized spacial score (nSPS) is 34.2. The largest absolute Gasteiger partial charge is 0.394 e. The van der Waals surface area contributed by atoms with E-state index in [-0.39, 0.29) is 40.4 Å². The minimum atomic E-state index is -0.721. The first-order valence-corrected chi connectivity index (χ1v) is 13.5. The molecule has 4 unspecified atom stereocenters. The number of carbonyl (C=O) groups is 3. The summed E-state index contributed by atoms with van der Waals surface area (Å²) in [5, 5.41) is 15.9. The van der Waals surface area contributed by atoms with Gasteiger partial charge in [0.25, 0.3) is 0 Å². The Morgan fingerprint density at radius 3 is 2.61 bits per heavy atom. The van der Waals surface area contributed by atoms with Crippen LogP contribution in [0.4, 0.5) is 5.69 Å². The summed E-state index contributed by atoms with van der Waals surface area (Å²) in [4.78, 5) is 42.4. The van der Waals surface area contributed by atoms with Crippen molar-refractivity contribution in [2.24, 2.45) is 11.8 Å². The van der Waals surface area contributed by atoms with E-state index in [2.05, 4.69) is 33.5 Å². The summed E-state index contributed by atoms with van der Waals surface area (Å²) in [6.45, 7) is 5.55. The average Bonchev–Trinajstić information content (AvgIpc) is 3.37. The number of alkyl halides is 1. The van der Waals surface area contributed by atoms with Gasteiger partial charge in [-0.3, -0.25) is 14.4 Å². The summed E-state index contributed by atoms with van der Waals surface area (Å²) < 4.78 is -0.700. The molecular weight excluding hydrogens is 506 g/mol. The number of carbonyl (C=O) groups excluding carboxylic acids is 3. The Morgan fingerprint density at radius 1 is 1.27 bits per heavy atom. The molecule has 2 bridgehead atoms. The molecule has 0 aromatic heterocycles. The van der Waals surface area contributed by atoms with Crippen molar-refractivity contribution in [1.29, 1.82) is 0 Å². The SMILES string of the molecule is CCCC(C)NC(=O)C1N([C@H](C)CO)C(=O)[C@@H]2[C@H](C(=O)Nc3ccccc3)[C@H]3SC12CC3Br. The van der Waals surface area contributed by atoms with Crippen LogP contribution in [0.5, 0.6) is 0 Å². The fourth-order valence-electron chi connectivity index (χ4n) is 5.80. The second-order valence-corrected chi connectivity index (χ2v) is 12.2. The Hall–Kier alpha value is -1.58. The predicted molar refractivity (Wildman–Crippen MR) is 133 cm³/mol. The van der Waals surface area contributed by atoms with Crippen LogP contribution in [0.15, 0.2) is 30.3 Å². The second-order valence-electron chi connectivity index (χ2n) is 9.49. The molecule has 180 valence electrons. The van der Waals surface area contributed by atoms with Crippen molar-refractivity contribution in [2.75, 3.05) is 11.9 Å². The van der Waals surface area contributed by atoms with Crippen molar-refractivity contribution in [2.45, 2.75) is 73.0 Å². The highest BCUT2D eigenvalue weighted by Gasteiger charge is 2.76. The Kier molecular flexibility index (Phi) is 7.13. The van der Waals surface area contributed by atoms with Crippen molar-refractivity contribution in [1.82, 2.24) is 10.2 Å². The van der Waals surface area contributed by atoms with Crippen LogP contribution in [-0.4, -0.2) is 67.3 Å². The zero-order chi connectivity index (χ0) is 23.9. The maximum atomic E-state index is 13.8. The lowest BCUT2D eigenvalue weighted by Crippen LogP contribution is -2.57. The number of thioether (sulfide) groups is 1. The summed E-state index contributed by atoms with van der Waals surface area (Å²) in [5.41, 5.74) is 0.684. The van der Waals surface area contributed by atoms with E-state index in [0.29, 0.717) is 12.1 Å². The van der Waals surface area contributed by atoms with Gasteiger partial charge >= 0.3 is 0 Å². The molecule has 3 amide bonds. The van der Waals surface area contributed by atoms with Crippen LogP contribution in [0.1, 0.15) is 40.0 Å². The molecule has 3 heterocycles. The lowest BCUT2D eigenvalue weighted by Gasteiger charge is -2.37. The third kappa shape index (κ3) is 4.10. The highest BCUT2D eigenvalue weighted by Crippen LogP contribution is 2.68. The number of rotatable bonds is 8. The number of anilines is 1. The van der Waals surface area contributed by atoms with Crippen molar-refractivity contribution in [3.05, 3.63) is 30.3 Å². The highest BCUT2D eigenvalue weighted by atomic mass is 79.9. The van der Waals surface area contributed by atoms with E-state index in [9.17, 15) is 19.5 Å². The van der Waals surface area contributed by atoms with Gasteiger partial charge in [-0.15, -0.1) is 11.8 Å². The molecule has 0 aliphatic carbocycles. The first-order chi connectivity index (χ1) is 15.7. The number of nitrogens with zero attached hydrogens (tertiary/aromatic N) is 1. The Bertz CT molecular complexity index is 918. The van der Waals surface area contributed by atoms with E-state index in [1.807, 2.05) is 37.3 Å². The average molecular weight is 539 g/mol. The minimum absolute atomic E-state index is 0.0140. The molecule has 7 nitrogen and oxygen atoms in total. The molecule has 3 aliphatic heterocycles. The Labute approximate surface area is 207 Å². The number of aliphatic hydroxyl groups excluding tert-OH is 1. The van der Waals surface area contributed by atoms with E-state index >= 15 is 0 Å². The van der Waals surface area contributed by atoms with E-state index in [1.54, 1.807) is 23.6 Å². The van der Waals surface area contributed by atoms with Crippen LogP contribution in [0.2, 0.25) is 0 Å². The van der Waals surface area contributed by atoms with Crippen molar-refractivity contribution < 1.29 is 19.5 Å². The Morgan fingerprint density at radius 2 is 1.97 bits per heavy atom. The monoisotopic (exact) mass is 537 g/mol. The minimum Gasteiger partial charge on any atom is -0.394 e. The van der Waals surface area contributed by atoms with Gasteiger partial charge in [0, 0.05) is 21.8 Å². The topological polar surface area (TPSA) is 98.7 Å². The second kappa shape index (κ2) is 9.58. The zero-order valence-electron chi connectivity index (χ0n) is 19.2. The van der Waals surface area contributed by atoms with Crippen LogP contribution >= 0.6 is 27.7 Å². The number of hydrogen-bond acceptors (Lipinski definition) is 5. The van der Waals surface area contributed by atoms with Gasteiger partial charge < -0.3 is 20.6 Å². The number of benzene rings is 1. The third-order valence-electron chi connectivity index (χ3n) is 7.17. The Balaban J connectivity index is 1.69. The van der Waals surface area contributed by atoms with Gasteiger partial charge in [0.2, 0.25) is 17.7 Å². The smallest absolute Gasteiger partial charge is 0.244 e. The van der Waals surface area contributed by atoms with Crippen molar-refractivity contribution in [3.8, 4) is 0 Å². The highest BCUT2D eigenvalue weighted by molar-refractivity contribution is 9.09. The van der Waals surface area contributed by atoms with Crippen LogP contribution in [0.3, 0.4) is 0 Å². The molecule has 1 aromatic carbocycles. The third-order valence-corrected chi connectivity index (χ3v) is 10.4. The molecule has 1 aromatic rings. The lowest BCUT2D eigenvalue weighted by molar-refractivity contribution is -0.141. The molecule has 33 heavy (non-hydrogen) atoms. The number of para-hydroxylation sites is 1. The maximum absolute atomic E-state index is 13.8. The van der Waals surface area contributed by atoms with E-state index in [1.165, 1.54) is 0 Å². The predicted octanol–water partition coefficient (Wildman–Crippen LogP) is 2.78. The fraction of sp³-hybridized carbons (Fsp3) is 0.625. The summed E-state index contributed by atoms with van der Waals surface area (Å²) in [6, 6.07) is 7.97. The first-order valence-electron chi connectivity index (χ1n) is 11.7. The van der Waals surface area contributed by atoms with Crippen molar-refractivity contribution >= 4 is 51.1 Å². The van der Waals surface area contributed by atoms with E-state index in [4.69, 9.17) is 0 Å². The van der Waals surface area contributed by atoms with Gasteiger partial charge in [0.15, 0.2) is 0 Å². The van der Waals surface area contributed by atoms with Gasteiger partial charge in [-0.2, -0.15) is 0 Å². The number of hydrogen-bond donors (Lipinski definition) is 3. The summed E-state index contributed by atoms with van der Waals surface area (Å²) in [6.07, 6.45) is 2.41. The molecule has 1 spiro atoms. The van der Waals surface area contributed by atoms with Crippen LogP contribution in [-0.2, 0) is 14.4 Å². The molecule has 0 saturated carbocycles. The zero-order valence-corrected chi connectivity index (χ0v) is 21.6. The summed E-state index contributed by atoms with van der Waals surface area (Å²) in [7, 11) is 0. The van der Waals surface area contributed by atoms with Gasteiger partial charge in [0.1, 0.15) is 6.04 Å². The lowest BCUT2D eigenvalue weighted by atomic mass is 9.70. The first kappa shape index (κ1) is 24.5. The molecule has 3 fully saturated rings. The number of likely N-dealkylation sites (tertiary alicyclic amines) is 1. The van der Waals surface area contributed by atoms with Gasteiger partial charge in [0.05, 0.1) is 29.2 Å². The van der Waals surface area contributed by atoms with Gasteiger partial charge in [-0.1, -0.05) is 47.5 Å².